The molecule has 2 aromatic carbocycles. The Hall–Kier alpha value is -3.15. The summed E-state index contributed by atoms with van der Waals surface area (Å²) in [6, 6.07) is 20.3. The lowest BCUT2D eigenvalue weighted by Crippen LogP contribution is -2.15. The summed E-state index contributed by atoms with van der Waals surface area (Å²) in [7, 11) is 0. The molecule has 6 nitrogen and oxygen atoms in total. The summed E-state index contributed by atoms with van der Waals surface area (Å²) in [4.78, 5) is 12.8. The maximum atomic E-state index is 5.85. The van der Waals surface area contributed by atoms with Crippen LogP contribution in [-0.4, -0.2) is 15.0 Å². The largest absolute Gasteiger partial charge is 0.368 e. The molecule has 0 aliphatic carbocycles. The first kappa shape index (κ1) is 16.7. The molecule has 3 rings (SSSR count). The van der Waals surface area contributed by atoms with Crippen molar-refractivity contribution in [2.45, 2.75) is 25.9 Å². The number of hydrogen-bond donors (Lipinski definition) is 3. The van der Waals surface area contributed by atoms with E-state index in [0.717, 1.165) is 11.1 Å². The number of nitrogens with zero attached hydrogens (tertiary/aromatic N) is 3. The first-order chi connectivity index (χ1) is 12.1. The molecule has 2 atom stereocenters. The lowest BCUT2D eigenvalue weighted by Gasteiger charge is -2.17. The highest BCUT2D eigenvalue weighted by Crippen LogP contribution is 2.20. The van der Waals surface area contributed by atoms with Crippen LogP contribution in [-0.2, 0) is 0 Å². The Morgan fingerprint density at radius 1 is 0.680 bits per heavy atom. The Kier molecular flexibility index (Phi) is 5.09. The first-order valence-electron chi connectivity index (χ1n) is 8.26. The third-order valence-electron chi connectivity index (χ3n) is 3.94. The van der Waals surface area contributed by atoms with Crippen LogP contribution in [0.4, 0.5) is 17.8 Å². The molecule has 0 radical (unpaired) electrons. The molecular formula is C19H22N6. The molecule has 0 saturated carbocycles. The molecule has 25 heavy (non-hydrogen) atoms. The molecule has 0 aliphatic rings. The zero-order valence-corrected chi connectivity index (χ0v) is 14.3. The number of benzene rings is 2. The van der Waals surface area contributed by atoms with E-state index in [1.165, 1.54) is 0 Å². The van der Waals surface area contributed by atoms with E-state index >= 15 is 0 Å². The number of aromatic nitrogens is 3. The van der Waals surface area contributed by atoms with Crippen LogP contribution in [0.25, 0.3) is 0 Å². The molecule has 6 heteroatoms. The van der Waals surface area contributed by atoms with E-state index in [-0.39, 0.29) is 18.0 Å². The number of nitrogens with two attached hydrogens (primary N) is 1. The maximum absolute atomic E-state index is 5.85. The minimum atomic E-state index is 0.0578. The zero-order valence-electron chi connectivity index (χ0n) is 14.3. The van der Waals surface area contributed by atoms with Gasteiger partial charge in [0.2, 0.25) is 17.8 Å². The normalized spacial score (nSPS) is 13.0. The molecule has 0 spiro atoms. The van der Waals surface area contributed by atoms with Gasteiger partial charge >= 0.3 is 0 Å². The average Bonchev–Trinajstić information content (AvgIpc) is 2.62. The Labute approximate surface area is 147 Å². The molecule has 1 aromatic heterocycles. The summed E-state index contributed by atoms with van der Waals surface area (Å²) in [6.45, 7) is 4.10. The minimum absolute atomic E-state index is 0.0578. The van der Waals surface area contributed by atoms with Gasteiger partial charge in [-0.25, -0.2) is 0 Å². The molecule has 128 valence electrons. The number of anilines is 3. The molecule has 4 N–H and O–H groups in total. The van der Waals surface area contributed by atoms with Gasteiger partial charge in [-0.1, -0.05) is 60.7 Å². The molecule has 0 aliphatic heterocycles. The summed E-state index contributed by atoms with van der Waals surface area (Å²) in [5.74, 6) is 1.08. The van der Waals surface area contributed by atoms with Gasteiger partial charge in [0.05, 0.1) is 12.1 Å². The van der Waals surface area contributed by atoms with Gasteiger partial charge in [0.1, 0.15) is 0 Å². The lowest BCUT2D eigenvalue weighted by atomic mass is 10.1. The first-order valence-corrected chi connectivity index (χ1v) is 8.26. The topological polar surface area (TPSA) is 88.8 Å². The summed E-state index contributed by atoms with van der Waals surface area (Å²) in [5.41, 5.74) is 8.14. The van der Waals surface area contributed by atoms with Crippen molar-refractivity contribution in [3.05, 3.63) is 71.8 Å². The van der Waals surface area contributed by atoms with Gasteiger partial charge in [-0.05, 0) is 25.0 Å². The van der Waals surface area contributed by atoms with Crippen molar-refractivity contribution >= 4 is 17.8 Å². The number of nitrogens with one attached hydrogen (secondary N) is 2. The standard InChI is InChI=1S/C19H22N6/c1-13(15-9-5-3-6-10-15)21-18-23-17(20)24-19(25-18)22-14(2)16-11-7-4-8-12-16/h3-14H,1-2H3,(H4,20,21,22,23,24,25)/t13-,14-/m0/s1. The highest BCUT2D eigenvalue weighted by Gasteiger charge is 2.11. The van der Waals surface area contributed by atoms with E-state index in [1.54, 1.807) is 0 Å². The zero-order chi connectivity index (χ0) is 17.6. The van der Waals surface area contributed by atoms with Crippen LogP contribution < -0.4 is 16.4 Å². The van der Waals surface area contributed by atoms with Crippen LogP contribution in [0.3, 0.4) is 0 Å². The Balaban J connectivity index is 1.74. The van der Waals surface area contributed by atoms with Gasteiger partial charge in [-0.2, -0.15) is 15.0 Å². The van der Waals surface area contributed by atoms with E-state index in [1.807, 2.05) is 36.4 Å². The summed E-state index contributed by atoms with van der Waals surface area (Å²) >= 11 is 0. The van der Waals surface area contributed by atoms with Gasteiger partial charge < -0.3 is 16.4 Å². The second-order valence-electron chi connectivity index (χ2n) is 5.89. The van der Waals surface area contributed by atoms with Crippen LogP contribution in [0.15, 0.2) is 60.7 Å². The SMILES string of the molecule is C[C@H](Nc1nc(N)nc(N[C@@H](C)c2ccccc2)n1)c1ccccc1. The molecule has 0 saturated heterocycles. The fourth-order valence-electron chi connectivity index (χ4n) is 2.56. The molecule has 0 bridgehead atoms. The number of nitrogen functional groups attached to an aromatic ring is 1. The molecule has 3 aromatic rings. The van der Waals surface area contributed by atoms with Crippen LogP contribution in [0.5, 0.6) is 0 Å². The second-order valence-corrected chi connectivity index (χ2v) is 5.89. The van der Waals surface area contributed by atoms with Gasteiger partial charge in [-0.3, -0.25) is 0 Å². The van der Waals surface area contributed by atoms with Crippen LogP contribution in [0, 0.1) is 0 Å². The van der Waals surface area contributed by atoms with Crippen LogP contribution >= 0.6 is 0 Å². The Morgan fingerprint density at radius 3 is 1.48 bits per heavy atom. The summed E-state index contributed by atoms with van der Waals surface area (Å²) in [5, 5.41) is 6.54. The van der Waals surface area contributed by atoms with Crippen molar-refractivity contribution in [3.8, 4) is 0 Å². The molecule has 0 fully saturated rings. The van der Waals surface area contributed by atoms with Crippen molar-refractivity contribution in [2.75, 3.05) is 16.4 Å². The number of hydrogen-bond acceptors (Lipinski definition) is 6. The van der Waals surface area contributed by atoms with E-state index in [2.05, 4.69) is 63.7 Å². The highest BCUT2D eigenvalue weighted by atomic mass is 15.3. The molecule has 0 amide bonds. The van der Waals surface area contributed by atoms with E-state index < -0.39 is 0 Å². The predicted molar refractivity (Wildman–Crippen MR) is 101 cm³/mol. The van der Waals surface area contributed by atoms with Gasteiger partial charge in [0, 0.05) is 0 Å². The molecule has 1 heterocycles. The van der Waals surface area contributed by atoms with Crippen molar-refractivity contribution in [3.63, 3.8) is 0 Å². The van der Waals surface area contributed by atoms with Crippen molar-refractivity contribution in [2.24, 2.45) is 0 Å². The maximum Gasteiger partial charge on any atom is 0.229 e. The van der Waals surface area contributed by atoms with Crippen LogP contribution in [0.1, 0.15) is 37.1 Å². The lowest BCUT2D eigenvalue weighted by molar-refractivity contribution is 0.834. The third-order valence-corrected chi connectivity index (χ3v) is 3.94. The quantitative estimate of drug-likeness (QED) is 0.635. The van der Waals surface area contributed by atoms with Crippen molar-refractivity contribution in [1.82, 2.24) is 15.0 Å². The van der Waals surface area contributed by atoms with Gasteiger partial charge in [0.15, 0.2) is 0 Å². The Morgan fingerprint density at radius 2 is 1.08 bits per heavy atom. The summed E-state index contributed by atoms with van der Waals surface area (Å²) < 4.78 is 0. The predicted octanol–water partition coefficient (Wildman–Crippen LogP) is 3.80. The molecular weight excluding hydrogens is 312 g/mol. The van der Waals surface area contributed by atoms with E-state index in [4.69, 9.17) is 5.73 Å². The van der Waals surface area contributed by atoms with Gasteiger partial charge in [0.25, 0.3) is 0 Å². The minimum Gasteiger partial charge on any atom is -0.368 e. The fraction of sp³-hybridized carbons (Fsp3) is 0.211. The highest BCUT2D eigenvalue weighted by molar-refractivity contribution is 5.43. The smallest absolute Gasteiger partial charge is 0.229 e. The average molecular weight is 334 g/mol. The van der Waals surface area contributed by atoms with E-state index in [9.17, 15) is 0 Å². The molecule has 0 unspecified atom stereocenters. The van der Waals surface area contributed by atoms with Crippen molar-refractivity contribution < 1.29 is 0 Å². The fourth-order valence-corrected chi connectivity index (χ4v) is 2.56. The third kappa shape index (κ3) is 4.44. The van der Waals surface area contributed by atoms with Crippen LogP contribution in [0.2, 0.25) is 0 Å². The van der Waals surface area contributed by atoms with E-state index in [0.29, 0.717) is 11.9 Å². The Bertz CT molecular complexity index is 741. The van der Waals surface area contributed by atoms with Crippen molar-refractivity contribution in [1.29, 1.82) is 0 Å². The second kappa shape index (κ2) is 7.61. The van der Waals surface area contributed by atoms with Gasteiger partial charge in [-0.15, -0.1) is 0 Å². The summed E-state index contributed by atoms with van der Waals surface area (Å²) in [6.07, 6.45) is 0. The number of rotatable bonds is 6. The monoisotopic (exact) mass is 334 g/mol.